The van der Waals surface area contributed by atoms with Gasteiger partial charge in [0.15, 0.2) is 17.6 Å². The normalized spacial score (nSPS) is 12.0. The fraction of sp³-hybridized carbons (Fsp3) is 0.222. The van der Waals surface area contributed by atoms with E-state index in [2.05, 4.69) is 10.5 Å². The molecule has 132 valence electrons. The second-order valence-electron chi connectivity index (χ2n) is 5.11. The van der Waals surface area contributed by atoms with Gasteiger partial charge >= 0.3 is 0 Å². The number of hydrogen-bond acceptors (Lipinski definition) is 5. The summed E-state index contributed by atoms with van der Waals surface area (Å²) in [5, 5.41) is 14.1. The topological polar surface area (TPSA) is 80.2 Å². The van der Waals surface area contributed by atoms with Gasteiger partial charge in [-0.25, -0.2) is 5.43 Å². The van der Waals surface area contributed by atoms with Gasteiger partial charge in [-0.1, -0.05) is 17.7 Å². The second-order valence-corrected chi connectivity index (χ2v) is 5.55. The van der Waals surface area contributed by atoms with E-state index in [0.717, 1.165) is 0 Å². The summed E-state index contributed by atoms with van der Waals surface area (Å²) >= 11 is 5.87. The van der Waals surface area contributed by atoms with E-state index in [4.69, 9.17) is 21.1 Å². The maximum Gasteiger partial charge on any atom is 0.280 e. The van der Waals surface area contributed by atoms with Crippen LogP contribution in [0.3, 0.4) is 0 Å². The van der Waals surface area contributed by atoms with Crippen molar-refractivity contribution in [3.8, 4) is 17.2 Å². The molecule has 2 rings (SSSR count). The average molecular weight is 363 g/mol. The lowest BCUT2D eigenvalue weighted by molar-refractivity contribution is -0.127. The van der Waals surface area contributed by atoms with E-state index in [1.165, 1.54) is 12.3 Å². The van der Waals surface area contributed by atoms with E-state index >= 15 is 0 Å². The molecule has 25 heavy (non-hydrogen) atoms. The molecule has 1 atom stereocenters. The number of hydrazone groups is 1. The highest BCUT2D eigenvalue weighted by Crippen LogP contribution is 2.26. The van der Waals surface area contributed by atoms with Crippen molar-refractivity contribution in [2.45, 2.75) is 20.0 Å². The largest absolute Gasteiger partial charge is 0.504 e. The van der Waals surface area contributed by atoms with Gasteiger partial charge in [-0.05, 0) is 55.8 Å². The number of benzene rings is 2. The number of carbonyl (C=O) groups is 1. The van der Waals surface area contributed by atoms with Crippen LogP contribution in [0.25, 0.3) is 0 Å². The van der Waals surface area contributed by atoms with Crippen molar-refractivity contribution in [3.63, 3.8) is 0 Å². The standard InChI is InChI=1S/C18H19ClN2O4/c1-3-24-17-9-13(7-8-16(17)22)11-20-21-18(23)12(2)25-15-6-4-5-14(19)10-15/h4-12,22H,3H2,1-2H3,(H,21,23). The molecular weight excluding hydrogens is 344 g/mol. The first-order valence-electron chi connectivity index (χ1n) is 7.70. The molecule has 0 heterocycles. The van der Waals surface area contributed by atoms with Crippen LogP contribution in [0.1, 0.15) is 19.4 Å². The summed E-state index contributed by atoms with van der Waals surface area (Å²) in [7, 11) is 0. The van der Waals surface area contributed by atoms with Crippen LogP contribution in [0.5, 0.6) is 17.2 Å². The lowest BCUT2D eigenvalue weighted by Crippen LogP contribution is -2.33. The maximum absolute atomic E-state index is 12.0. The Labute approximate surface area is 151 Å². The zero-order valence-electron chi connectivity index (χ0n) is 13.9. The van der Waals surface area contributed by atoms with Crippen LogP contribution in [0, 0.1) is 0 Å². The molecule has 0 aliphatic rings. The van der Waals surface area contributed by atoms with Crippen LogP contribution in [0.15, 0.2) is 47.6 Å². The monoisotopic (exact) mass is 362 g/mol. The van der Waals surface area contributed by atoms with Crippen LogP contribution in [0.4, 0.5) is 0 Å². The van der Waals surface area contributed by atoms with Gasteiger partial charge in [-0.3, -0.25) is 4.79 Å². The lowest BCUT2D eigenvalue weighted by atomic mass is 10.2. The number of halogens is 1. The van der Waals surface area contributed by atoms with Crippen molar-refractivity contribution in [2.75, 3.05) is 6.61 Å². The fourth-order valence-electron chi connectivity index (χ4n) is 1.94. The summed E-state index contributed by atoms with van der Waals surface area (Å²) in [5.41, 5.74) is 3.07. The van der Waals surface area contributed by atoms with Crippen molar-refractivity contribution in [1.29, 1.82) is 0 Å². The highest BCUT2D eigenvalue weighted by Gasteiger charge is 2.14. The number of nitrogens with one attached hydrogen (secondary N) is 1. The molecule has 7 heteroatoms. The third-order valence-electron chi connectivity index (χ3n) is 3.15. The molecule has 1 amide bonds. The van der Waals surface area contributed by atoms with E-state index in [0.29, 0.717) is 28.7 Å². The van der Waals surface area contributed by atoms with Gasteiger partial charge in [-0.2, -0.15) is 5.10 Å². The zero-order chi connectivity index (χ0) is 18.2. The first-order valence-corrected chi connectivity index (χ1v) is 8.08. The highest BCUT2D eigenvalue weighted by molar-refractivity contribution is 6.30. The van der Waals surface area contributed by atoms with Crippen molar-refractivity contribution < 1.29 is 19.4 Å². The summed E-state index contributed by atoms with van der Waals surface area (Å²) in [4.78, 5) is 12.0. The number of amides is 1. The Balaban J connectivity index is 1.92. The molecule has 2 aromatic carbocycles. The van der Waals surface area contributed by atoms with Crippen molar-refractivity contribution in [1.82, 2.24) is 5.43 Å². The van der Waals surface area contributed by atoms with Gasteiger partial charge in [0.2, 0.25) is 0 Å². The van der Waals surface area contributed by atoms with Crippen LogP contribution in [-0.4, -0.2) is 29.9 Å². The number of carbonyl (C=O) groups excluding carboxylic acids is 1. The second kappa shape index (κ2) is 8.94. The minimum absolute atomic E-state index is 0.0478. The van der Waals surface area contributed by atoms with Crippen molar-refractivity contribution in [3.05, 3.63) is 53.1 Å². The molecule has 0 saturated heterocycles. The minimum atomic E-state index is -0.741. The van der Waals surface area contributed by atoms with E-state index < -0.39 is 12.0 Å². The molecule has 0 spiro atoms. The quantitative estimate of drug-likeness (QED) is 0.584. The molecule has 0 saturated carbocycles. The van der Waals surface area contributed by atoms with Crippen LogP contribution >= 0.6 is 11.6 Å². The minimum Gasteiger partial charge on any atom is -0.504 e. The van der Waals surface area contributed by atoms with Crippen LogP contribution < -0.4 is 14.9 Å². The zero-order valence-corrected chi connectivity index (χ0v) is 14.7. The molecule has 6 nitrogen and oxygen atoms in total. The van der Waals surface area contributed by atoms with Crippen LogP contribution in [0.2, 0.25) is 5.02 Å². The van der Waals surface area contributed by atoms with Crippen LogP contribution in [-0.2, 0) is 4.79 Å². The van der Waals surface area contributed by atoms with E-state index in [-0.39, 0.29) is 5.75 Å². The van der Waals surface area contributed by atoms with Crippen molar-refractivity contribution in [2.24, 2.45) is 5.10 Å². The number of nitrogens with zero attached hydrogens (tertiary/aromatic N) is 1. The number of hydrogen-bond donors (Lipinski definition) is 2. The Bertz CT molecular complexity index is 764. The van der Waals surface area contributed by atoms with Gasteiger partial charge < -0.3 is 14.6 Å². The smallest absolute Gasteiger partial charge is 0.280 e. The summed E-state index contributed by atoms with van der Waals surface area (Å²) in [5.74, 6) is 0.501. The summed E-state index contributed by atoms with van der Waals surface area (Å²) in [6, 6.07) is 11.6. The molecule has 0 aliphatic carbocycles. The Hall–Kier alpha value is -2.73. The molecule has 2 N–H and O–H groups in total. The molecule has 0 fully saturated rings. The van der Waals surface area contributed by atoms with E-state index in [9.17, 15) is 9.90 Å². The van der Waals surface area contributed by atoms with Crippen molar-refractivity contribution >= 4 is 23.7 Å². The molecule has 1 unspecified atom stereocenters. The molecule has 0 radical (unpaired) electrons. The average Bonchev–Trinajstić information content (AvgIpc) is 2.58. The Morgan fingerprint density at radius 2 is 2.16 bits per heavy atom. The summed E-state index contributed by atoms with van der Waals surface area (Å²) in [6.45, 7) is 3.87. The number of ether oxygens (including phenoxy) is 2. The van der Waals surface area contributed by atoms with Gasteiger partial charge in [0, 0.05) is 5.02 Å². The third kappa shape index (κ3) is 5.69. The first-order chi connectivity index (χ1) is 12.0. The lowest BCUT2D eigenvalue weighted by Gasteiger charge is -2.13. The predicted octanol–water partition coefficient (Wildman–Crippen LogP) is 3.36. The number of phenols is 1. The molecule has 0 aromatic heterocycles. The fourth-order valence-corrected chi connectivity index (χ4v) is 2.12. The molecular formula is C18H19ClN2O4. The SMILES string of the molecule is CCOc1cc(C=NNC(=O)C(C)Oc2cccc(Cl)c2)ccc1O. The van der Waals surface area contributed by atoms with Gasteiger partial charge in [-0.15, -0.1) is 0 Å². The Morgan fingerprint density at radius 3 is 2.88 bits per heavy atom. The third-order valence-corrected chi connectivity index (χ3v) is 3.39. The van der Waals surface area contributed by atoms with E-state index in [1.807, 2.05) is 6.92 Å². The summed E-state index contributed by atoms with van der Waals surface area (Å²) in [6.07, 6.45) is 0.709. The first kappa shape index (κ1) is 18.6. The summed E-state index contributed by atoms with van der Waals surface area (Å²) < 4.78 is 10.8. The van der Waals surface area contributed by atoms with Gasteiger partial charge in [0.1, 0.15) is 5.75 Å². The predicted molar refractivity (Wildman–Crippen MR) is 96.6 cm³/mol. The molecule has 2 aromatic rings. The Morgan fingerprint density at radius 1 is 1.36 bits per heavy atom. The van der Waals surface area contributed by atoms with Gasteiger partial charge in [0.25, 0.3) is 5.91 Å². The van der Waals surface area contributed by atoms with Gasteiger partial charge in [0.05, 0.1) is 12.8 Å². The number of aromatic hydroxyl groups is 1. The molecule has 0 aliphatic heterocycles. The Kier molecular flexibility index (Phi) is 6.65. The highest BCUT2D eigenvalue weighted by atomic mass is 35.5. The number of phenolic OH excluding ortho intramolecular Hbond substituents is 1. The van der Waals surface area contributed by atoms with E-state index in [1.54, 1.807) is 43.3 Å². The number of rotatable bonds is 7. The molecule has 0 bridgehead atoms. The maximum atomic E-state index is 12.0.